The number of aryl methyl sites for hydroxylation is 2. The van der Waals surface area contributed by atoms with E-state index < -0.39 is 0 Å². The minimum Gasteiger partial charge on any atom is -0.271 e. The Hall–Kier alpha value is -0.630. The molecule has 0 saturated heterocycles. The third-order valence-corrected chi connectivity index (χ3v) is 4.87. The molecule has 1 aromatic carbocycles. The van der Waals surface area contributed by atoms with E-state index in [0.29, 0.717) is 5.02 Å². The smallest absolute Gasteiger partial charge is 0.0903 e. The highest BCUT2D eigenvalue weighted by atomic mass is 127. The zero-order chi connectivity index (χ0) is 14.0. The quantitative estimate of drug-likeness (QED) is 0.479. The van der Waals surface area contributed by atoms with Gasteiger partial charge in [-0.2, -0.15) is 5.10 Å². The second-order valence-electron chi connectivity index (χ2n) is 4.27. The van der Waals surface area contributed by atoms with Crippen molar-refractivity contribution in [2.75, 3.05) is 0 Å². The summed E-state index contributed by atoms with van der Waals surface area (Å²) in [4.78, 5) is 0. The van der Waals surface area contributed by atoms with Gasteiger partial charge in [-0.05, 0) is 47.6 Å². The molecule has 2 aromatic rings. The van der Waals surface area contributed by atoms with Gasteiger partial charge in [0.05, 0.1) is 23.0 Å². The van der Waals surface area contributed by atoms with E-state index in [0.717, 1.165) is 17.8 Å². The van der Waals surface area contributed by atoms with E-state index in [-0.39, 0.29) is 6.04 Å². The summed E-state index contributed by atoms with van der Waals surface area (Å²) in [7, 11) is 0. The minimum atomic E-state index is -0.165. The molecule has 0 spiro atoms. The van der Waals surface area contributed by atoms with Crippen LogP contribution in [0.5, 0.6) is 0 Å². The number of hydrogen-bond donors (Lipinski definition) is 2. The average molecular weight is 391 g/mol. The summed E-state index contributed by atoms with van der Waals surface area (Å²) in [6.07, 6.45) is 1.66. The average Bonchev–Trinajstić information content (AvgIpc) is 2.77. The Balaban J connectivity index is 2.56. The predicted octanol–water partition coefficient (Wildman–Crippen LogP) is 3.02. The first-order chi connectivity index (χ1) is 9.10. The van der Waals surface area contributed by atoms with Gasteiger partial charge in [-0.1, -0.05) is 29.8 Å². The molecule has 6 heteroatoms. The number of benzene rings is 1. The van der Waals surface area contributed by atoms with Crippen molar-refractivity contribution < 1.29 is 0 Å². The lowest BCUT2D eigenvalue weighted by atomic mass is 10.0. The number of halogens is 2. The fraction of sp³-hybridized carbons (Fsp3) is 0.308. The van der Waals surface area contributed by atoms with Gasteiger partial charge in [0.2, 0.25) is 0 Å². The molecule has 0 aliphatic rings. The molecule has 102 valence electrons. The molecule has 2 rings (SSSR count). The lowest BCUT2D eigenvalue weighted by Gasteiger charge is -2.20. The van der Waals surface area contributed by atoms with Crippen molar-refractivity contribution in [2.45, 2.75) is 26.4 Å². The van der Waals surface area contributed by atoms with E-state index in [2.05, 4.69) is 52.2 Å². The van der Waals surface area contributed by atoms with Gasteiger partial charge in [0.1, 0.15) is 0 Å². The fourth-order valence-electron chi connectivity index (χ4n) is 2.12. The SMILES string of the molecule is CCn1ncc(Cl)c1C(NN)c1cccc(C)c1I. The molecule has 0 aliphatic carbocycles. The van der Waals surface area contributed by atoms with Gasteiger partial charge >= 0.3 is 0 Å². The topological polar surface area (TPSA) is 55.9 Å². The lowest BCUT2D eigenvalue weighted by molar-refractivity contribution is 0.542. The number of nitrogens with zero attached hydrogens (tertiary/aromatic N) is 2. The third kappa shape index (κ3) is 2.79. The van der Waals surface area contributed by atoms with Crippen LogP contribution in [0.25, 0.3) is 0 Å². The molecular weight excluding hydrogens is 375 g/mol. The molecule has 1 unspecified atom stereocenters. The first-order valence-electron chi connectivity index (χ1n) is 6.02. The standard InChI is InChI=1S/C13H16ClIN4/c1-3-19-13(10(14)7-17-19)12(18-16)9-6-4-5-8(2)11(9)15/h4-7,12,18H,3,16H2,1-2H3. The third-order valence-electron chi connectivity index (χ3n) is 3.11. The molecule has 0 fully saturated rings. The van der Waals surface area contributed by atoms with Crippen molar-refractivity contribution in [3.63, 3.8) is 0 Å². The molecule has 3 N–H and O–H groups in total. The summed E-state index contributed by atoms with van der Waals surface area (Å²) >= 11 is 8.59. The summed E-state index contributed by atoms with van der Waals surface area (Å²) in [5, 5.41) is 4.89. The van der Waals surface area contributed by atoms with Crippen molar-refractivity contribution in [1.29, 1.82) is 0 Å². The van der Waals surface area contributed by atoms with Crippen LogP contribution in [0.4, 0.5) is 0 Å². The van der Waals surface area contributed by atoms with E-state index >= 15 is 0 Å². The molecule has 1 aromatic heterocycles. The molecule has 1 heterocycles. The maximum atomic E-state index is 6.26. The normalized spacial score (nSPS) is 12.7. The molecule has 19 heavy (non-hydrogen) atoms. The highest BCUT2D eigenvalue weighted by Crippen LogP contribution is 2.31. The molecule has 4 nitrogen and oxygen atoms in total. The zero-order valence-electron chi connectivity index (χ0n) is 10.8. The van der Waals surface area contributed by atoms with Crippen molar-refractivity contribution in [2.24, 2.45) is 5.84 Å². The number of rotatable bonds is 4. The monoisotopic (exact) mass is 390 g/mol. The molecule has 0 aliphatic heterocycles. The van der Waals surface area contributed by atoms with E-state index in [1.54, 1.807) is 6.20 Å². The van der Waals surface area contributed by atoms with Crippen molar-refractivity contribution in [3.05, 3.63) is 49.8 Å². The molecule has 1 atom stereocenters. The molecule has 0 amide bonds. The van der Waals surface area contributed by atoms with Crippen LogP contribution in [0.1, 0.15) is 29.8 Å². The first kappa shape index (κ1) is 14.8. The highest BCUT2D eigenvalue weighted by Gasteiger charge is 2.22. The summed E-state index contributed by atoms with van der Waals surface area (Å²) in [6.45, 7) is 4.86. The van der Waals surface area contributed by atoms with E-state index in [1.807, 2.05) is 17.7 Å². The molecule has 0 bridgehead atoms. The Morgan fingerprint density at radius 1 is 1.53 bits per heavy atom. The second-order valence-corrected chi connectivity index (χ2v) is 5.76. The number of hydrazine groups is 1. The summed E-state index contributed by atoms with van der Waals surface area (Å²) in [6, 6.07) is 6.00. The van der Waals surface area contributed by atoms with Crippen molar-refractivity contribution in [3.8, 4) is 0 Å². The van der Waals surface area contributed by atoms with E-state index in [9.17, 15) is 0 Å². The largest absolute Gasteiger partial charge is 0.271 e. The Morgan fingerprint density at radius 3 is 2.89 bits per heavy atom. The van der Waals surface area contributed by atoms with Crippen molar-refractivity contribution in [1.82, 2.24) is 15.2 Å². The van der Waals surface area contributed by atoms with Crippen LogP contribution >= 0.6 is 34.2 Å². The van der Waals surface area contributed by atoms with Gasteiger partial charge < -0.3 is 0 Å². The van der Waals surface area contributed by atoms with Crippen LogP contribution in [0.2, 0.25) is 5.02 Å². The van der Waals surface area contributed by atoms with Crippen molar-refractivity contribution >= 4 is 34.2 Å². The maximum absolute atomic E-state index is 6.26. The summed E-state index contributed by atoms with van der Waals surface area (Å²) in [5.41, 5.74) is 6.08. The number of hydrogen-bond acceptors (Lipinski definition) is 3. The first-order valence-corrected chi connectivity index (χ1v) is 7.48. The lowest BCUT2D eigenvalue weighted by Crippen LogP contribution is -2.31. The fourth-order valence-corrected chi connectivity index (χ4v) is 3.04. The Morgan fingerprint density at radius 2 is 2.26 bits per heavy atom. The Kier molecular flexibility index (Phi) is 4.83. The maximum Gasteiger partial charge on any atom is 0.0903 e. The van der Waals surface area contributed by atoms with Crippen LogP contribution in [-0.2, 0) is 6.54 Å². The van der Waals surface area contributed by atoms with Gasteiger partial charge in [-0.15, -0.1) is 0 Å². The molecular formula is C13H16ClIN4. The van der Waals surface area contributed by atoms with Gasteiger partial charge in [0, 0.05) is 10.1 Å². The van der Waals surface area contributed by atoms with Gasteiger partial charge in [-0.25, -0.2) is 5.43 Å². The zero-order valence-corrected chi connectivity index (χ0v) is 13.7. The van der Waals surface area contributed by atoms with Crippen LogP contribution in [0, 0.1) is 10.5 Å². The summed E-state index contributed by atoms with van der Waals surface area (Å²) in [5.74, 6) is 5.75. The van der Waals surface area contributed by atoms with Gasteiger partial charge in [0.15, 0.2) is 0 Å². The predicted molar refractivity (Wildman–Crippen MR) is 86.0 cm³/mol. The van der Waals surface area contributed by atoms with Crippen LogP contribution in [0.3, 0.4) is 0 Å². The summed E-state index contributed by atoms with van der Waals surface area (Å²) < 4.78 is 3.05. The highest BCUT2D eigenvalue weighted by molar-refractivity contribution is 14.1. The minimum absolute atomic E-state index is 0.165. The Bertz CT molecular complexity index is 582. The molecule has 0 radical (unpaired) electrons. The Labute approximate surface area is 131 Å². The number of aromatic nitrogens is 2. The van der Waals surface area contributed by atoms with Gasteiger partial charge in [-0.3, -0.25) is 10.5 Å². The van der Waals surface area contributed by atoms with Gasteiger partial charge in [0.25, 0.3) is 0 Å². The van der Waals surface area contributed by atoms with E-state index in [1.165, 1.54) is 9.13 Å². The second kappa shape index (κ2) is 6.21. The molecule has 0 saturated carbocycles. The van der Waals surface area contributed by atoms with Crippen LogP contribution in [0.15, 0.2) is 24.4 Å². The number of nitrogens with one attached hydrogen (secondary N) is 1. The van der Waals surface area contributed by atoms with Crippen LogP contribution < -0.4 is 11.3 Å². The number of nitrogens with two attached hydrogens (primary N) is 1. The van der Waals surface area contributed by atoms with E-state index in [4.69, 9.17) is 17.4 Å². The van der Waals surface area contributed by atoms with Crippen LogP contribution in [-0.4, -0.2) is 9.78 Å².